The first kappa shape index (κ1) is 19.8. The van der Waals surface area contributed by atoms with Gasteiger partial charge >= 0.3 is 11.9 Å². The van der Waals surface area contributed by atoms with E-state index in [0.717, 1.165) is 11.3 Å². The monoisotopic (exact) mass is 390 g/mol. The second-order valence-corrected chi connectivity index (χ2v) is 9.12. The van der Waals surface area contributed by atoms with Crippen molar-refractivity contribution in [2.24, 2.45) is 5.92 Å². The molecule has 1 aliphatic rings. The Hall–Kier alpha value is -1.49. The number of thiophene rings is 1. The van der Waals surface area contributed by atoms with Crippen LogP contribution >= 0.6 is 11.3 Å². The van der Waals surface area contributed by atoms with Crippen LogP contribution in [0.2, 0.25) is 0 Å². The zero-order chi connectivity index (χ0) is 18.8. The summed E-state index contributed by atoms with van der Waals surface area (Å²) in [4.78, 5) is 23.7. The minimum Gasteiger partial charge on any atom is -0.481 e. The van der Waals surface area contributed by atoms with E-state index in [1.807, 2.05) is 19.0 Å². The third-order valence-corrected chi connectivity index (χ3v) is 7.43. The van der Waals surface area contributed by atoms with Crippen LogP contribution in [0.25, 0.3) is 0 Å². The van der Waals surface area contributed by atoms with Gasteiger partial charge in [-0.1, -0.05) is 0 Å². The molecular formula is C15H22N2O6S2. The van der Waals surface area contributed by atoms with Gasteiger partial charge in [0.05, 0.1) is 0 Å². The fourth-order valence-corrected chi connectivity index (χ4v) is 6.02. The van der Waals surface area contributed by atoms with Crippen LogP contribution in [-0.2, 0) is 14.8 Å². The highest BCUT2D eigenvalue weighted by molar-refractivity contribution is 7.89. The van der Waals surface area contributed by atoms with E-state index in [0.29, 0.717) is 12.8 Å². The average molecular weight is 390 g/mol. The lowest BCUT2D eigenvalue weighted by Crippen LogP contribution is -2.50. The molecule has 1 saturated heterocycles. The number of aliphatic carboxylic acids is 1. The summed E-state index contributed by atoms with van der Waals surface area (Å²) < 4.78 is 27.0. The maximum Gasteiger partial charge on any atom is 0.347 e. The van der Waals surface area contributed by atoms with Crippen LogP contribution < -0.4 is 0 Å². The standard InChI is InChI=1S/C15H22N2O6S2/c1-16(2)11-5-7-17(9-10(11)3-4-13(18)19)25(22,23)12-6-8-24-14(12)15(20)21/h6,8,10-11H,3-5,7,9H2,1-2H3,(H,18,19)(H,20,21)/t10-,11+/m0/s1. The lowest BCUT2D eigenvalue weighted by molar-refractivity contribution is -0.137. The fraction of sp³-hybridized carbons (Fsp3) is 0.600. The van der Waals surface area contributed by atoms with Gasteiger partial charge in [-0.05, 0) is 44.3 Å². The molecule has 0 unspecified atom stereocenters. The van der Waals surface area contributed by atoms with Gasteiger partial charge < -0.3 is 15.1 Å². The van der Waals surface area contributed by atoms with Crippen LogP contribution in [-0.4, -0.2) is 73.0 Å². The van der Waals surface area contributed by atoms with Crippen molar-refractivity contribution < 1.29 is 28.2 Å². The Balaban J connectivity index is 2.25. The highest BCUT2D eigenvalue weighted by Crippen LogP contribution is 2.31. The van der Waals surface area contributed by atoms with Crippen molar-refractivity contribution in [3.05, 3.63) is 16.3 Å². The maximum absolute atomic E-state index is 12.9. The number of sulfonamides is 1. The second-order valence-electron chi connectivity index (χ2n) is 6.29. The van der Waals surface area contributed by atoms with E-state index in [2.05, 4.69) is 0 Å². The lowest BCUT2D eigenvalue weighted by atomic mass is 9.88. The SMILES string of the molecule is CN(C)[C@@H]1CCN(S(=O)(=O)c2ccsc2C(=O)O)C[C@@H]1CCC(=O)O. The minimum atomic E-state index is -3.92. The first-order valence-corrected chi connectivity index (χ1v) is 10.2. The Labute approximate surface area is 150 Å². The largest absolute Gasteiger partial charge is 0.481 e. The third-order valence-electron chi connectivity index (χ3n) is 4.49. The van der Waals surface area contributed by atoms with Gasteiger partial charge in [0.2, 0.25) is 10.0 Å². The molecule has 0 spiro atoms. The second kappa shape index (κ2) is 7.81. The van der Waals surface area contributed by atoms with Crippen molar-refractivity contribution >= 4 is 33.3 Å². The van der Waals surface area contributed by atoms with E-state index in [-0.39, 0.29) is 41.2 Å². The minimum absolute atomic E-state index is 0.0261. The third kappa shape index (κ3) is 4.38. The molecule has 25 heavy (non-hydrogen) atoms. The molecule has 1 aliphatic heterocycles. The first-order valence-electron chi connectivity index (χ1n) is 7.83. The first-order chi connectivity index (χ1) is 11.6. The van der Waals surface area contributed by atoms with Gasteiger partial charge in [0.15, 0.2) is 0 Å². The molecule has 0 aliphatic carbocycles. The number of nitrogens with zero attached hydrogens (tertiary/aromatic N) is 2. The van der Waals surface area contributed by atoms with Gasteiger partial charge in [-0.2, -0.15) is 4.31 Å². The zero-order valence-electron chi connectivity index (χ0n) is 14.1. The number of carboxylic acids is 2. The number of carbonyl (C=O) groups is 2. The molecule has 2 atom stereocenters. The van der Waals surface area contributed by atoms with Gasteiger partial charge in [0.1, 0.15) is 9.77 Å². The summed E-state index contributed by atoms with van der Waals surface area (Å²) >= 11 is 0.878. The maximum atomic E-state index is 12.9. The Morgan fingerprint density at radius 1 is 1.36 bits per heavy atom. The van der Waals surface area contributed by atoms with Crippen molar-refractivity contribution in [2.75, 3.05) is 27.2 Å². The summed E-state index contributed by atoms with van der Waals surface area (Å²) in [5.74, 6) is -2.30. The fourth-order valence-electron chi connectivity index (χ4n) is 3.27. The molecule has 10 heteroatoms. The summed E-state index contributed by atoms with van der Waals surface area (Å²) in [6, 6.07) is 1.40. The summed E-state index contributed by atoms with van der Waals surface area (Å²) in [5.41, 5.74) is 0. The van der Waals surface area contributed by atoms with Crippen LogP contribution in [0, 0.1) is 5.92 Å². The van der Waals surface area contributed by atoms with Crippen molar-refractivity contribution in [2.45, 2.75) is 30.2 Å². The molecule has 1 aromatic heterocycles. The van der Waals surface area contributed by atoms with E-state index in [1.165, 1.54) is 15.8 Å². The van der Waals surface area contributed by atoms with Gasteiger partial charge in [-0.3, -0.25) is 4.79 Å². The normalized spacial score (nSPS) is 22.2. The number of hydrogen-bond acceptors (Lipinski definition) is 6. The van der Waals surface area contributed by atoms with Gasteiger partial charge in [-0.15, -0.1) is 11.3 Å². The van der Waals surface area contributed by atoms with Crippen molar-refractivity contribution in [1.82, 2.24) is 9.21 Å². The summed E-state index contributed by atoms with van der Waals surface area (Å²) in [5, 5.41) is 19.6. The van der Waals surface area contributed by atoms with Crippen LogP contribution in [0.3, 0.4) is 0 Å². The van der Waals surface area contributed by atoms with Crippen molar-refractivity contribution in [3.63, 3.8) is 0 Å². The van der Waals surface area contributed by atoms with E-state index < -0.39 is 22.0 Å². The molecule has 2 N–H and O–H groups in total. The average Bonchev–Trinajstić information content (AvgIpc) is 3.03. The predicted octanol–water partition coefficient (Wildman–Crippen LogP) is 1.25. The lowest BCUT2D eigenvalue weighted by Gasteiger charge is -2.40. The van der Waals surface area contributed by atoms with Crippen molar-refractivity contribution in [3.8, 4) is 0 Å². The molecule has 0 amide bonds. The molecule has 8 nitrogen and oxygen atoms in total. The number of rotatable bonds is 7. The summed E-state index contributed by atoms with van der Waals surface area (Å²) in [6.45, 7) is 0.469. The number of piperidine rings is 1. The molecule has 0 radical (unpaired) electrons. The highest BCUT2D eigenvalue weighted by atomic mass is 32.2. The molecule has 1 fully saturated rings. The zero-order valence-corrected chi connectivity index (χ0v) is 15.7. The van der Waals surface area contributed by atoms with Crippen LogP contribution in [0.5, 0.6) is 0 Å². The molecule has 2 rings (SSSR count). The van der Waals surface area contributed by atoms with Gasteiger partial charge in [0, 0.05) is 25.6 Å². The number of carboxylic acid groups (broad SMARTS) is 2. The van der Waals surface area contributed by atoms with Crippen LogP contribution in [0.1, 0.15) is 28.9 Å². The summed E-state index contributed by atoms with van der Waals surface area (Å²) in [7, 11) is -0.132. The van der Waals surface area contributed by atoms with Crippen LogP contribution in [0.4, 0.5) is 0 Å². The Morgan fingerprint density at radius 2 is 2.04 bits per heavy atom. The van der Waals surface area contributed by atoms with E-state index in [1.54, 1.807) is 0 Å². The Kier molecular flexibility index (Phi) is 6.20. The summed E-state index contributed by atoms with van der Waals surface area (Å²) in [6.07, 6.45) is 0.921. The number of hydrogen-bond donors (Lipinski definition) is 2. The van der Waals surface area contributed by atoms with Crippen LogP contribution in [0.15, 0.2) is 16.3 Å². The number of aromatic carboxylic acids is 1. The van der Waals surface area contributed by atoms with Gasteiger partial charge in [-0.25, -0.2) is 13.2 Å². The molecule has 140 valence electrons. The molecule has 0 saturated carbocycles. The topological polar surface area (TPSA) is 115 Å². The highest BCUT2D eigenvalue weighted by Gasteiger charge is 2.38. The van der Waals surface area contributed by atoms with E-state index >= 15 is 0 Å². The predicted molar refractivity (Wildman–Crippen MR) is 92.5 cm³/mol. The molecule has 1 aromatic rings. The quantitative estimate of drug-likeness (QED) is 0.720. The Morgan fingerprint density at radius 3 is 2.60 bits per heavy atom. The van der Waals surface area contributed by atoms with Crippen molar-refractivity contribution in [1.29, 1.82) is 0 Å². The molecule has 0 aromatic carbocycles. The molecule has 0 bridgehead atoms. The molecular weight excluding hydrogens is 368 g/mol. The molecule has 2 heterocycles. The smallest absolute Gasteiger partial charge is 0.347 e. The Bertz CT molecular complexity index is 743. The van der Waals surface area contributed by atoms with E-state index in [4.69, 9.17) is 5.11 Å². The van der Waals surface area contributed by atoms with E-state index in [9.17, 15) is 23.1 Å². The van der Waals surface area contributed by atoms with Gasteiger partial charge in [0.25, 0.3) is 0 Å².